The van der Waals surface area contributed by atoms with E-state index in [0.717, 1.165) is 38.3 Å². The van der Waals surface area contributed by atoms with Crippen LogP contribution < -0.4 is 11.1 Å². The number of pyridine rings is 1. The molecule has 3 aromatic heterocycles. The topological polar surface area (TPSA) is 67.8 Å². The van der Waals surface area contributed by atoms with Crippen LogP contribution in [0.4, 0.5) is 13.2 Å². The Bertz CT molecular complexity index is 1370. The Morgan fingerprint density at radius 2 is 1.80 bits per heavy atom. The summed E-state index contributed by atoms with van der Waals surface area (Å²) in [5.41, 5.74) is -0.0747. The first-order chi connectivity index (χ1) is 14.1. The smallest absolute Gasteiger partial charge is 0.308 e. The minimum atomic E-state index is -4.75. The van der Waals surface area contributed by atoms with Crippen LogP contribution in [0.15, 0.2) is 52.2 Å². The molecule has 0 unspecified atom stereocenters. The van der Waals surface area contributed by atoms with E-state index in [4.69, 9.17) is 0 Å². The van der Waals surface area contributed by atoms with Crippen molar-refractivity contribution >= 4 is 21.6 Å². The Morgan fingerprint density at radius 3 is 2.47 bits per heavy atom. The predicted molar refractivity (Wildman–Crippen MR) is 110 cm³/mol. The van der Waals surface area contributed by atoms with Gasteiger partial charge < -0.3 is 9.55 Å². The van der Waals surface area contributed by atoms with Crippen LogP contribution in [0.2, 0.25) is 0 Å². The third-order valence-corrected chi connectivity index (χ3v) is 5.77. The quantitative estimate of drug-likeness (QED) is 0.520. The third-order valence-electron chi connectivity index (χ3n) is 4.77. The number of rotatable bonds is 3. The first-order valence-electron chi connectivity index (χ1n) is 9.01. The zero-order chi connectivity index (χ0) is 21.6. The fourth-order valence-electron chi connectivity index (χ4n) is 3.34. The Kier molecular flexibility index (Phi) is 4.85. The van der Waals surface area contributed by atoms with E-state index in [9.17, 15) is 22.8 Å². The highest BCUT2D eigenvalue weighted by Crippen LogP contribution is 2.35. The molecule has 4 aromatic rings. The van der Waals surface area contributed by atoms with E-state index in [-0.39, 0.29) is 12.4 Å². The molecule has 0 amide bonds. The number of thiophene rings is 1. The van der Waals surface area contributed by atoms with E-state index in [1.807, 2.05) is 38.1 Å². The summed E-state index contributed by atoms with van der Waals surface area (Å²) in [6.45, 7) is 3.58. The Balaban J connectivity index is 1.80. The molecule has 0 saturated carbocycles. The van der Waals surface area contributed by atoms with Gasteiger partial charge in [0.15, 0.2) is 0 Å². The highest BCUT2D eigenvalue weighted by molar-refractivity contribution is 7.19. The second-order valence-electron chi connectivity index (χ2n) is 6.94. The van der Waals surface area contributed by atoms with Crippen molar-refractivity contribution in [3.63, 3.8) is 0 Å². The van der Waals surface area contributed by atoms with Gasteiger partial charge in [-0.1, -0.05) is 29.8 Å². The van der Waals surface area contributed by atoms with Gasteiger partial charge in [0.2, 0.25) is 0 Å². The molecular formula is C21H16F3N3O2S. The fourth-order valence-corrected chi connectivity index (χ4v) is 4.41. The molecule has 3 heterocycles. The number of fused-ring (bicyclic) bond motifs is 1. The third kappa shape index (κ3) is 3.56. The van der Waals surface area contributed by atoms with Gasteiger partial charge in [-0.2, -0.15) is 13.2 Å². The van der Waals surface area contributed by atoms with Crippen LogP contribution in [-0.2, 0) is 12.7 Å². The lowest BCUT2D eigenvalue weighted by Crippen LogP contribution is -2.29. The Morgan fingerprint density at radius 1 is 1.10 bits per heavy atom. The maximum atomic E-state index is 13.0. The van der Waals surface area contributed by atoms with E-state index >= 15 is 0 Å². The summed E-state index contributed by atoms with van der Waals surface area (Å²) < 4.78 is 39.8. The van der Waals surface area contributed by atoms with Crippen molar-refractivity contribution in [2.75, 3.05) is 0 Å². The first kappa shape index (κ1) is 20.1. The monoisotopic (exact) mass is 431 g/mol. The van der Waals surface area contributed by atoms with Crippen molar-refractivity contribution in [1.82, 2.24) is 14.5 Å². The van der Waals surface area contributed by atoms with E-state index in [2.05, 4.69) is 9.97 Å². The van der Waals surface area contributed by atoms with Crippen molar-refractivity contribution in [2.24, 2.45) is 0 Å². The molecule has 30 heavy (non-hydrogen) atoms. The number of hydrogen-bond acceptors (Lipinski definition) is 4. The number of benzene rings is 1. The van der Waals surface area contributed by atoms with Gasteiger partial charge in [0.05, 0.1) is 11.9 Å². The summed E-state index contributed by atoms with van der Waals surface area (Å²) in [5, 5.41) is 0.432. The molecule has 1 aromatic carbocycles. The largest absolute Gasteiger partial charge is 0.421 e. The molecular weight excluding hydrogens is 415 g/mol. The van der Waals surface area contributed by atoms with Crippen molar-refractivity contribution in [2.45, 2.75) is 26.6 Å². The van der Waals surface area contributed by atoms with Gasteiger partial charge in [-0.05, 0) is 31.5 Å². The maximum absolute atomic E-state index is 13.0. The summed E-state index contributed by atoms with van der Waals surface area (Å²) in [6.07, 6.45) is -3.52. The lowest BCUT2D eigenvalue weighted by atomic mass is 10.0. The minimum absolute atomic E-state index is 0.116. The van der Waals surface area contributed by atoms with Crippen molar-refractivity contribution in [3.8, 4) is 11.1 Å². The molecule has 5 nitrogen and oxygen atoms in total. The van der Waals surface area contributed by atoms with Crippen molar-refractivity contribution in [3.05, 3.63) is 85.1 Å². The molecule has 0 aliphatic heterocycles. The molecule has 0 aliphatic carbocycles. The van der Waals surface area contributed by atoms with Gasteiger partial charge in [-0.25, -0.2) is 4.98 Å². The number of halogens is 3. The van der Waals surface area contributed by atoms with Gasteiger partial charge in [-0.15, -0.1) is 11.3 Å². The average molecular weight is 431 g/mol. The molecule has 0 bridgehead atoms. The van der Waals surface area contributed by atoms with Crippen LogP contribution >= 0.6 is 11.3 Å². The standard InChI is InChI=1S/C21H16F3N3O2S/c1-11-5-7-13(8-6-11)16-12(2)30-19-17(16)18(28)25-15(26-19)10-27-9-3-4-14(20(27)29)21(22,23)24/h3-9H,10H2,1-2H3,(H,25,26,28). The first-order valence-corrected chi connectivity index (χ1v) is 9.83. The molecule has 9 heteroatoms. The van der Waals surface area contributed by atoms with Gasteiger partial charge >= 0.3 is 6.18 Å². The van der Waals surface area contributed by atoms with E-state index in [0.29, 0.717) is 10.2 Å². The van der Waals surface area contributed by atoms with Crippen LogP contribution in [0.1, 0.15) is 21.8 Å². The lowest BCUT2D eigenvalue weighted by Gasteiger charge is -2.10. The van der Waals surface area contributed by atoms with Crippen molar-refractivity contribution in [1.29, 1.82) is 0 Å². The van der Waals surface area contributed by atoms with Crippen LogP contribution in [0.3, 0.4) is 0 Å². The van der Waals surface area contributed by atoms with Crippen LogP contribution in [0.5, 0.6) is 0 Å². The summed E-state index contributed by atoms with van der Waals surface area (Å²) in [5.74, 6) is 0.116. The molecule has 0 spiro atoms. The minimum Gasteiger partial charge on any atom is -0.308 e. The number of hydrogen-bond donors (Lipinski definition) is 1. The zero-order valence-electron chi connectivity index (χ0n) is 16.0. The zero-order valence-corrected chi connectivity index (χ0v) is 16.8. The predicted octanol–water partition coefficient (Wildman–Crippen LogP) is 4.50. The van der Waals surface area contributed by atoms with Gasteiger partial charge in [-0.3, -0.25) is 9.59 Å². The van der Waals surface area contributed by atoms with Crippen LogP contribution in [-0.4, -0.2) is 14.5 Å². The number of nitrogens with one attached hydrogen (secondary N) is 1. The van der Waals surface area contributed by atoms with E-state index < -0.39 is 22.9 Å². The Labute approximate surface area is 172 Å². The second-order valence-corrected chi connectivity index (χ2v) is 8.15. The van der Waals surface area contributed by atoms with Crippen LogP contribution in [0.25, 0.3) is 21.3 Å². The summed E-state index contributed by atoms with van der Waals surface area (Å²) >= 11 is 1.33. The molecule has 0 atom stereocenters. The number of aryl methyl sites for hydroxylation is 2. The number of alkyl halides is 3. The highest BCUT2D eigenvalue weighted by atomic mass is 32.1. The second kappa shape index (κ2) is 7.24. The number of H-pyrrole nitrogens is 1. The summed E-state index contributed by atoms with van der Waals surface area (Å²) in [7, 11) is 0. The fraction of sp³-hybridized carbons (Fsp3) is 0.190. The van der Waals surface area contributed by atoms with Gasteiger partial charge in [0.1, 0.15) is 16.2 Å². The molecule has 1 N–H and O–H groups in total. The normalized spacial score (nSPS) is 11.9. The molecule has 0 radical (unpaired) electrons. The molecule has 0 saturated heterocycles. The molecule has 154 valence electrons. The van der Waals surface area contributed by atoms with E-state index in [1.165, 1.54) is 17.5 Å². The highest BCUT2D eigenvalue weighted by Gasteiger charge is 2.34. The van der Waals surface area contributed by atoms with Gasteiger partial charge in [0, 0.05) is 16.6 Å². The average Bonchev–Trinajstić information content (AvgIpc) is 2.99. The van der Waals surface area contributed by atoms with Gasteiger partial charge in [0.25, 0.3) is 11.1 Å². The summed E-state index contributed by atoms with van der Waals surface area (Å²) in [4.78, 5) is 33.4. The molecule has 0 fully saturated rings. The summed E-state index contributed by atoms with van der Waals surface area (Å²) in [6, 6.07) is 9.64. The van der Waals surface area contributed by atoms with Crippen LogP contribution in [0, 0.1) is 13.8 Å². The lowest BCUT2D eigenvalue weighted by molar-refractivity contribution is -0.138. The number of aromatic amines is 1. The molecule has 0 aliphatic rings. The maximum Gasteiger partial charge on any atom is 0.421 e. The molecule has 4 rings (SSSR count). The number of nitrogens with zero attached hydrogens (tertiary/aromatic N) is 2. The van der Waals surface area contributed by atoms with Crippen molar-refractivity contribution < 1.29 is 13.2 Å². The Hall–Kier alpha value is -3.20. The van der Waals surface area contributed by atoms with E-state index in [1.54, 1.807) is 0 Å². The SMILES string of the molecule is Cc1ccc(-c2c(C)sc3nc(Cn4cccc(C(F)(F)F)c4=O)[nH]c(=O)c23)cc1. The number of aromatic nitrogens is 3.